The van der Waals surface area contributed by atoms with Crippen molar-refractivity contribution in [2.75, 3.05) is 14.2 Å². The second kappa shape index (κ2) is 5.36. The average Bonchev–Trinajstić information content (AvgIpc) is 2.48. The van der Waals surface area contributed by atoms with E-state index >= 15 is 0 Å². The second-order valence-electron chi connectivity index (χ2n) is 4.57. The summed E-state index contributed by atoms with van der Waals surface area (Å²) >= 11 is 0. The van der Waals surface area contributed by atoms with Crippen LogP contribution in [0.4, 0.5) is 0 Å². The zero-order chi connectivity index (χ0) is 14.9. The van der Waals surface area contributed by atoms with Crippen molar-refractivity contribution in [2.24, 2.45) is 7.05 Å². The van der Waals surface area contributed by atoms with Gasteiger partial charge in [-0.3, -0.25) is 9.36 Å². The van der Waals surface area contributed by atoms with Gasteiger partial charge in [-0.2, -0.15) is 0 Å². The molecule has 0 atom stereocenters. The van der Waals surface area contributed by atoms with E-state index in [1.165, 1.54) is 0 Å². The third-order valence-electron chi connectivity index (χ3n) is 3.40. The van der Waals surface area contributed by atoms with Gasteiger partial charge in [-0.1, -0.05) is 0 Å². The Morgan fingerprint density at radius 2 is 1.75 bits per heavy atom. The first-order chi connectivity index (χ1) is 9.49. The Bertz CT molecular complexity index is 705. The van der Waals surface area contributed by atoms with E-state index in [1.807, 2.05) is 25.1 Å². The highest BCUT2D eigenvalue weighted by molar-refractivity contribution is 5.66. The fourth-order valence-corrected chi connectivity index (χ4v) is 2.09. The van der Waals surface area contributed by atoms with Crippen LogP contribution in [0.1, 0.15) is 11.4 Å². The van der Waals surface area contributed by atoms with Gasteiger partial charge >= 0.3 is 0 Å². The van der Waals surface area contributed by atoms with Crippen LogP contribution in [0.5, 0.6) is 11.5 Å². The van der Waals surface area contributed by atoms with Crippen LogP contribution in [0.3, 0.4) is 0 Å². The molecule has 5 heteroatoms. The van der Waals surface area contributed by atoms with E-state index in [4.69, 9.17) is 9.47 Å². The van der Waals surface area contributed by atoms with Gasteiger partial charge in [-0.25, -0.2) is 4.98 Å². The van der Waals surface area contributed by atoms with Crippen LogP contribution in [0.2, 0.25) is 0 Å². The van der Waals surface area contributed by atoms with Crippen LogP contribution < -0.4 is 15.0 Å². The molecule has 1 aromatic heterocycles. The number of ether oxygens (including phenoxy) is 2. The molecule has 0 amide bonds. The van der Waals surface area contributed by atoms with Gasteiger partial charge in [0.05, 0.1) is 19.9 Å². The van der Waals surface area contributed by atoms with Gasteiger partial charge in [-0.15, -0.1) is 0 Å². The zero-order valence-corrected chi connectivity index (χ0v) is 12.4. The van der Waals surface area contributed by atoms with Crippen molar-refractivity contribution in [1.29, 1.82) is 0 Å². The van der Waals surface area contributed by atoms with E-state index in [9.17, 15) is 4.79 Å². The fraction of sp³-hybridized carbons (Fsp3) is 0.333. The number of aromatic nitrogens is 2. The second-order valence-corrected chi connectivity index (χ2v) is 4.57. The molecule has 0 aliphatic heterocycles. The molecule has 0 saturated carbocycles. The Labute approximate surface area is 117 Å². The summed E-state index contributed by atoms with van der Waals surface area (Å²) in [5, 5.41) is 0. The summed E-state index contributed by atoms with van der Waals surface area (Å²) in [6.07, 6.45) is 0. The number of aryl methyl sites for hydroxylation is 1. The minimum Gasteiger partial charge on any atom is -0.493 e. The van der Waals surface area contributed by atoms with Crippen LogP contribution in [0.25, 0.3) is 11.3 Å². The maximum absolute atomic E-state index is 12.1. The first-order valence-electron chi connectivity index (χ1n) is 6.26. The molecule has 0 saturated heterocycles. The van der Waals surface area contributed by atoms with E-state index in [0.717, 1.165) is 5.56 Å². The number of hydrogen-bond acceptors (Lipinski definition) is 4. The smallest absolute Gasteiger partial charge is 0.256 e. The van der Waals surface area contributed by atoms with Crippen molar-refractivity contribution < 1.29 is 9.47 Å². The molecule has 0 fully saturated rings. The van der Waals surface area contributed by atoms with Crippen LogP contribution in [0, 0.1) is 13.8 Å². The molecule has 5 nitrogen and oxygen atoms in total. The lowest BCUT2D eigenvalue weighted by molar-refractivity contribution is 0.355. The normalized spacial score (nSPS) is 10.4. The Morgan fingerprint density at radius 3 is 2.35 bits per heavy atom. The Hall–Kier alpha value is -2.30. The van der Waals surface area contributed by atoms with Crippen LogP contribution in [0.15, 0.2) is 23.0 Å². The quantitative estimate of drug-likeness (QED) is 0.860. The van der Waals surface area contributed by atoms with Gasteiger partial charge in [0, 0.05) is 18.2 Å². The lowest BCUT2D eigenvalue weighted by Gasteiger charge is -2.12. The highest BCUT2D eigenvalue weighted by atomic mass is 16.5. The lowest BCUT2D eigenvalue weighted by Crippen LogP contribution is -2.23. The molecule has 0 spiro atoms. The predicted molar refractivity (Wildman–Crippen MR) is 77.5 cm³/mol. The largest absolute Gasteiger partial charge is 0.493 e. The standard InChI is InChI=1S/C15H18N2O3/c1-9-14(16-10(2)17(3)15(9)18)11-6-7-12(19-4)13(8-11)20-5/h6-8H,1-5H3. The number of hydrogen-bond donors (Lipinski definition) is 0. The van der Waals surface area contributed by atoms with Crippen LogP contribution >= 0.6 is 0 Å². The molecule has 0 N–H and O–H groups in total. The summed E-state index contributed by atoms with van der Waals surface area (Å²) < 4.78 is 12.0. The fourth-order valence-electron chi connectivity index (χ4n) is 2.09. The summed E-state index contributed by atoms with van der Waals surface area (Å²) in [5.74, 6) is 1.93. The minimum atomic E-state index is -0.0396. The van der Waals surface area contributed by atoms with Crippen LogP contribution in [-0.2, 0) is 7.05 Å². The summed E-state index contributed by atoms with van der Waals surface area (Å²) in [7, 11) is 4.89. The predicted octanol–water partition coefficient (Wildman–Crippen LogP) is 2.08. The van der Waals surface area contributed by atoms with Gasteiger partial charge in [0.2, 0.25) is 0 Å². The van der Waals surface area contributed by atoms with Crippen molar-refractivity contribution in [3.63, 3.8) is 0 Å². The van der Waals surface area contributed by atoms with Gasteiger partial charge in [0.1, 0.15) is 5.82 Å². The summed E-state index contributed by atoms with van der Waals surface area (Å²) in [5.41, 5.74) is 2.08. The molecule has 2 aromatic rings. The summed E-state index contributed by atoms with van der Waals surface area (Å²) in [4.78, 5) is 16.6. The number of benzene rings is 1. The average molecular weight is 274 g/mol. The minimum absolute atomic E-state index is 0.0396. The maximum atomic E-state index is 12.1. The first-order valence-corrected chi connectivity index (χ1v) is 6.26. The molecule has 1 aromatic carbocycles. The zero-order valence-electron chi connectivity index (χ0n) is 12.4. The number of nitrogens with zero attached hydrogens (tertiary/aromatic N) is 2. The molecule has 0 unspecified atom stereocenters. The van der Waals surface area contributed by atoms with Gasteiger partial charge in [0.15, 0.2) is 11.5 Å². The molecule has 0 aliphatic rings. The molecule has 0 aliphatic carbocycles. The van der Waals surface area contributed by atoms with E-state index in [2.05, 4.69) is 4.98 Å². The van der Waals surface area contributed by atoms with Crippen molar-refractivity contribution in [1.82, 2.24) is 9.55 Å². The topological polar surface area (TPSA) is 53.4 Å². The molecule has 0 radical (unpaired) electrons. The van der Waals surface area contributed by atoms with Crippen molar-refractivity contribution in [3.05, 3.63) is 39.9 Å². The first kappa shape index (κ1) is 14.1. The third-order valence-corrected chi connectivity index (χ3v) is 3.40. The highest BCUT2D eigenvalue weighted by Gasteiger charge is 2.13. The van der Waals surface area contributed by atoms with E-state index in [-0.39, 0.29) is 5.56 Å². The van der Waals surface area contributed by atoms with E-state index in [0.29, 0.717) is 28.6 Å². The maximum Gasteiger partial charge on any atom is 0.256 e. The van der Waals surface area contributed by atoms with Crippen LogP contribution in [-0.4, -0.2) is 23.8 Å². The van der Waals surface area contributed by atoms with Crippen molar-refractivity contribution in [3.8, 4) is 22.8 Å². The van der Waals surface area contributed by atoms with E-state index < -0.39 is 0 Å². The molecule has 2 rings (SSSR count). The molecular formula is C15H18N2O3. The Morgan fingerprint density at radius 1 is 1.10 bits per heavy atom. The summed E-state index contributed by atoms with van der Waals surface area (Å²) in [6, 6.07) is 5.50. The number of methoxy groups -OCH3 is 2. The third kappa shape index (κ3) is 2.27. The molecule has 106 valence electrons. The molecule has 20 heavy (non-hydrogen) atoms. The monoisotopic (exact) mass is 274 g/mol. The summed E-state index contributed by atoms with van der Waals surface area (Å²) in [6.45, 7) is 3.59. The highest BCUT2D eigenvalue weighted by Crippen LogP contribution is 2.32. The van der Waals surface area contributed by atoms with Crippen molar-refractivity contribution >= 4 is 0 Å². The molecule has 1 heterocycles. The van der Waals surface area contributed by atoms with Crippen molar-refractivity contribution in [2.45, 2.75) is 13.8 Å². The molecule has 0 bridgehead atoms. The lowest BCUT2D eigenvalue weighted by atomic mass is 10.1. The SMILES string of the molecule is COc1ccc(-c2nc(C)n(C)c(=O)c2C)cc1OC. The van der Waals surface area contributed by atoms with Gasteiger partial charge < -0.3 is 9.47 Å². The van der Waals surface area contributed by atoms with Gasteiger partial charge in [-0.05, 0) is 32.0 Å². The Kier molecular flexibility index (Phi) is 3.79. The number of rotatable bonds is 3. The van der Waals surface area contributed by atoms with Gasteiger partial charge in [0.25, 0.3) is 5.56 Å². The van der Waals surface area contributed by atoms with E-state index in [1.54, 1.807) is 32.8 Å². The molecular weight excluding hydrogens is 256 g/mol. The Balaban J connectivity index is 2.66.